The number of halogens is 3. The largest absolute Gasteiger partial charge is 0.493 e. The fraction of sp³-hybridized carbons (Fsp3) is 0.594. The summed E-state index contributed by atoms with van der Waals surface area (Å²) in [5.74, 6) is 0.781. The van der Waals surface area contributed by atoms with Crippen LogP contribution in [0.3, 0.4) is 0 Å². The average Bonchev–Trinajstić information content (AvgIpc) is 2.96. The Bertz CT molecular complexity index is 1160. The predicted molar refractivity (Wildman–Crippen MR) is 151 cm³/mol. The number of likely N-dealkylation sites (tertiary alicyclic amines) is 1. The van der Waals surface area contributed by atoms with Crippen molar-refractivity contribution in [1.29, 1.82) is 0 Å². The zero-order valence-electron chi connectivity index (χ0n) is 23.8. The Labute approximate surface area is 236 Å². The second kappa shape index (κ2) is 12.5. The number of piperidine rings is 2. The van der Waals surface area contributed by atoms with Crippen molar-refractivity contribution >= 4 is 5.91 Å². The van der Waals surface area contributed by atoms with Crippen LogP contribution >= 0.6 is 0 Å². The molecule has 2 atom stereocenters. The summed E-state index contributed by atoms with van der Waals surface area (Å²) in [5, 5.41) is 0. The van der Waals surface area contributed by atoms with E-state index in [1.807, 2.05) is 4.90 Å². The average molecular weight is 558 g/mol. The lowest BCUT2D eigenvalue weighted by atomic mass is 9.86. The summed E-state index contributed by atoms with van der Waals surface area (Å²) < 4.78 is 45.0. The third-order valence-corrected chi connectivity index (χ3v) is 9.15. The van der Waals surface area contributed by atoms with Gasteiger partial charge in [-0.2, -0.15) is 13.2 Å². The quantitative estimate of drug-likeness (QED) is 0.358. The molecule has 0 radical (unpaired) electrons. The van der Waals surface area contributed by atoms with E-state index >= 15 is 0 Å². The first-order chi connectivity index (χ1) is 19.2. The van der Waals surface area contributed by atoms with E-state index in [1.165, 1.54) is 61.2 Å². The maximum Gasteiger partial charge on any atom is 0.416 e. The fourth-order valence-electron chi connectivity index (χ4n) is 6.74. The van der Waals surface area contributed by atoms with Gasteiger partial charge < -0.3 is 14.5 Å². The normalized spacial score (nSPS) is 22.7. The Morgan fingerprint density at radius 2 is 1.65 bits per heavy atom. The number of alkyl halides is 3. The molecule has 40 heavy (non-hydrogen) atoms. The molecule has 3 saturated heterocycles. The second-order valence-electron chi connectivity index (χ2n) is 11.7. The van der Waals surface area contributed by atoms with Crippen LogP contribution in [-0.4, -0.2) is 72.5 Å². The minimum Gasteiger partial charge on any atom is -0.493 e. The lowest BCUT2D eigenvalue weighted by molar-refractivity contribution is -0.137. The second-order valence-corrected chi connectivity index (χ2v) is 11.7. The third kappa shape index (κ3) is 6.49. The Morgan fingerprint density at radius 1 is 0.900 bits per heavy atom. The molecule has 0 aliphatic carbocycles. The van der Waals surface area contributed by atoms with E-state index < -0.39 is 11.7 Å². The van der Waals surface area contributed by atoms with E-state index in [9.17, 15) is 18.0 Å². The molecule has 0 N–H and O–H groups in total. The van der Waals surface area contributed by atoms with Crippen molar-refractivity contribution in [2.45, 2.75) is 77.1 Å². The van der Waals surface area contributed by atoms with Crippen LogP contribution < -0.4 is 4.74 Å². The lowest BCUT2D eigenvalue weighted by Crippen LogP contribution is -2.57. The highest BCUT2D eigenvalue weighted by Gasteiger charge is 2.38. The zero-order valence-corrected chi connectivity index (χ0v) is 23.8. The molecule has 3 heterocycles. The van der Waals surface area contributed by atoms with E-state index in [-0.39, 0.29) is 11.9 Å². The first-order valence-corrected chi connectivity index (χ1v) is 14.9. The van der Waals surface area contributed by atoms with Crippen LogP contribution in [0.15, 0.2) is 36.4 Å². The van der Waals surface area contributed by atoms with Gasteiger partial charge in [0.2, 0.25) is 0 Å². The van der Waals surface area contributed by atoms with Gasteiger partial charge in [-0.3, -0.25) is 9.69 Å². The number of nitrogens with zero attached hydrogens (tertiary/aromatic N) is 3. The van der Waals surface area contributed by atoms with Crippen LogP contribution in [0.2, 0.25) is 0 Å². The molecular formula is C32H42F3N3O2. The lowest BCUT2D eigenvalue weighted by Gasteiger charge is -2.49. The summed E-state index contributed by atoms with van der Waals surface area (Å²) in [6.07, 6.45) is 3.80. The van der Waals surface area contributed by atoms with E-state index in [4.69, 9.17) is 4.74 Å². The molecule has 2 aromatic carbocycles. The number of amides is 1. The number of carbonyl (C=O) groups is 1. The highest BCUT2D eigenvalue weighted by molar-refractivity contribution is 5.94. The van der Waals surface area contributed by atoms with Crippen molar-refractivity contribution in [3.8, 4) is 5.75 Å². The molecule has 8 heteroatoms. The molecule has 0 aromatic heterocycles. The van der Waals surface area contributed by atoms with Crippen molar-refractivity contribution in [3.05, 3.63) is 64.2 Å². The highest BCUT2D eigenvalue weighted by Crippen LogP contribution is 2.40. The standard InChI is InChI=1S/C32H42F3N3O2/c1-23-24(2)30(40-21-7-18-36-16-4-3-5-17-36)15-14-28(23)29-9-6-8-27-22-37(19-20-38(27)29)31(39)25-10-12-26(13-11-25)32(33,34)35/h10-15,27,29H,3-9,16-22H2,1-2H3. The molecule has 5 rings (SSSR count). The predicted octanol–water partition coefficient (Wildman–Crippen LogP) is 6.63. The number of hydrogen-bond donors (Lipinski definition) is 0. The van der Waals surface area contributed by atoms with Crippen LogP contribution in [-0.2, 0) is 6.18 Å². The Kier molecular flexibility index (Phi) is 9.05. The van der Waals surface area contributed by atoms with Gasteiger partial charge in [0.1, 0.15) is 5.75 Å². The molecule has 2 unspecified atom stereocenters. The van der Waals surface area contributed by atoms with Crippen molar-refractivity contribution < 1.29 is 22.7 Å². The van der Waals surface area contributed by atoms with Crippen LogP contribution in [0, 0.1) is 13.8 Å². The first-order valence-electron chi connectivity index (χ1n) is 14.9. The summed E-state index contributed by atoms with van der Waals surface area (Å²) in [5.41, 5.74) is 3.40. The first kappa shape index (κ1) is 28.9. The number of ether oxygens (including phenoxy) is 1. The molecule has 0 spiro atoms. The number of piperazine rings is 1. The smallest absolute Gasteiger partial charge is 0.416 e. The number of hydrogen-bond acceptors (Lipinski definition) is 4. The fourth-order valence-corrected chi connectivity index (χ4v) is 6.74. The van der Waals surface area contributed by atoms with Gasteiger partial charge >= 0.3 is 6.18 Å². The van der Waals surface area contributed by atoms with Gasteiger partial charge in [-0.25, -0.2) is 0 Å². The summed E-state index contributed by atoms with van der Waals surface area (Å²) in [4.78, 5) is 20.0. The molecule has 218 valence electrons. The third-order valence-electron chi connectivity index (χ3n) is 9.15. The number of benzene rings is 2. The van der Waals surface area contributed by atoms with E-state index in [0.717, 1.165) is 63.3 Å². The molecule has 0 bridgehead atoms. The maximum absolute atomic E-state index is 13.1. The van der Waals surface area contributed by atoms with Gasteiger partial charge in [0.15, 0.2) is 0 Å². The molecule has 5 nitrogen and oxygen atoms in total. The van der Waals surface area contributed by atoms with Crippen LogP contribution in [0.5, 0.6) is 5.75 Å². The minimum absolute atomic E-state index is 0.190. The number of carbonyl (C=O) groups excluding carboxylic acids is 1. The van der Waals surface area contributed by atoms with Gasteiger partial charge in [0.05, 0.1) is 12.2 Å². The van der Waals surface area contributed by atoms with Crippen molar-refractivity contribution in [2.75, 3.05) is 45.9 Å². The van der Waals surface area contributed by atoms with Gasteiger partial charge in [0, 0.05) is 43.8 Å². The Hall–Kier alpha value is -2.58. The molecule has 3 aliphatic heterocycles. The monoisotopic (exact) mass is 557 g/mol. The summed E-state index contributed by atoms with van der Waals surface area (Å²) in [6.45, 7) is 10.5. The van der Waals surface area contributed by atoms with Crippen molar-refractivity contribution in [1.82, 2.24) is 14.7 Å². The van der Waals surface area contributed by atoms with Crippen molar-refractivity contribution in [3.63, 3.8) is 0 Å². The van der Waals surface area contributed by atoms with Crippen LogP contribution in [0.25, 0.3) is 0 Å². The molecule has 2 aromatic rings. The highest BCUT2D eigenvalue weighted by atomic mass is 19.4. The van der Waals surface area contributed by atoms with Crippen molar-refractivity contribution in [2.24, 2.45) is 0 Å². The topological polar surface area (TPSA) is 36.0 Å². The summed E-state index contributed by atoms with van der Waals surface area (Å²) in [7, 11) is 0. The van der Waals surface area contributed by atoms with Crippen LogP contribution in [0.1, 0.15) is 83.6 Å². The van der Waals surface area contributed by atoms with Gasteiger partial charge in [0.25, 0.3) is 5.91 Å². The van der Waals surface area contributed by atoms with Gasteiger partial charge in [-0.1, -0.05) is 12.5 Å². The van der Waals surface area contributed by atoms with E-state index in [1.54, 1.807) is 0 Å². The van der Waals surface area contributed by atoms with Crippen LogP contribution in [0.4, 0.5) is 13.2 Å². The van der Waals surface area contributed by atoms with Gasteiger partial charge in [-0.15, -0.1) is 0 Å². The SMILES string of the molecule is Cc1c(OCCCN2CCCCC2)ccc(C2CCCC3CN(C(=O)c4ccc(C(F)(F)F)cc4)CCN32)c1C. The Balaban J connectivity index is 1.19. The Morgan fingerprint density at radius 3 is 2.38 bits per heavy atom. The number of rotatable bonds is 7. The summed E-state index contributed by atoms with van der Waals surface area (Å²) in [6, 6.07) is 9.49. The molecule has 3 fully saturated rings. The maximum atomic E-state index is 13.1. The minimum atomic E-state index is -4.40. The zero-order chi connectivity index (χ0) is 28.3. The van der Waals surface area contributed by atoms with E-state index in [0.29, 0.717) is 24.7 Å². The number of fused-ring (bicyclic) bond motifs is 1. The molecule has 3 aliphatic rings. The molecule has 0 saturated carbocycles. The molecule has 1 amide bonds. The van der Waals surface area contributed by atoms with E-state index in [2.05, 4.69) is 35.8 Å². The molecular weight excluding hydrogens is 515 g/mol. The summed E-state index contributed by atoms with van der Waals surface area (Å²) >= 11 is 0. The van der Waals surface area contributed by atoms with Gasteiger partial charge in [-0.05, 0) is 112 Å².